The van der Waals surface area contributed by atoms with Gasteiger partial charge in [-0.2, -0.15) is 0 Å². The number of rotatable bonds is 7. The second-order valence-corrected chi connectivity index (χ2v) is 9.20. The van der Waals surface area contributed by atoms with E-state index < -0.39 is 11.0 Å². The van der Waals surface area contributed by atoms with Gasteiger partial charge in [0.15, 0.2) is 5.75 Å². The number of piperidine rings is 1. The number of ether oxygens (including phenoxy) is 1. The van der Waals surface area contributed by atoms with E-state index in [1.54, 1.807) is 6.07 Å². The molecule has 4 rings (SSSR count). The van der Waals surface area contributed by atoms with E-state index in [1.807, 2.05) is 18.2 Å². The summed E-state index contributed by atoms with van der Waals surface area (Å²) in [6, 6.07) is 10.8. The zero-order chi connectivity index (χ0) is 24.2. The largest absolute Gasteiger partial charge is 0.490 e. The van der Waals surface area contributed by atoms with E-state index in [0.717, 1.165) is 49.7 Å². The van der Waals surface area contributed by atoms with Crippen molar-refractivity contribution in [2.24, 2.45) is 0 Å². The van der Waals surface area contributed by atoms with Gasteiger partial charge in [0.1, 0.15) is 6.04 Å². The van der Waals surface area contributed by atoms with E-state index in [-0.39, 0.29) is 23.3 Å². The molecule has 11 heteroatoms. The number of benzene rings is 2. The molecular formula is C23H26BrN5O5. The maximum absolute atomic E-state index is 12.0. The van der Waals surface area contributed by atoms with Crippen molar-refractivity contribution in [2.75, 3.05) is 43.5 Å². The van der Waals surface area contributed by atoms with Crippen molar-refractivity contribution in [3.63, 3.8) is 0 Å². The van der Waals surface area contributed by atoms with Crippen LogP contribution in [0.15, 0.2) is 40.9 Å². The van der Waals surface area contributed by atoms with Crippen molar-refractivity contribution in [3.05, 3.63) is 56.5 Å². The molecule has 1 unspecified atom stereocenters. The molecule has 1 atom stereocenters. The highest BCUT2D eigenvalue weighted by Crippen LogP contribution is 2.38. The topological polar surface area (TPSA) is 117 Å². The number of methoxy groups -OCH3 is 1. The molecule has 0 spiro atoms. The number of nitro groups is 1. The van der Waals surface area contributed by atoms with Crippen LogP contribution < -0.4 is 20.3 Å². The van der Waals surface area contributed by atoms with Gasteiger partial charge in [0.05, 0.1) is 17.7 Å². The Labute approximate surface area is 205 Å². The molecule has 0 aliphatic carbocycles. The van der Waals surface area contributed by atoms with Gasteiger partial charge in [0, 0.05) is 61.4 Å². The molecule has 0 saturated carbocycles. The van der Waals surface area contributed by atoms with Gasteiger partial charge in [0.25, 0.3) is 0 Å². The number of nitro benzene ring substituents is 1. The van der Waals surface area contributed by atoms with Crippen molar-refractivity contribution >= 4 is 44.8 Å². The average Bonchev–Trinajstić information content (AvgIpc) is 2.81. The highest BCUT2D eigenvalue weighted by atomic mass is 79.9. The molecule has 2 heterocycles. The lowest BCUT2D eigenvalue weighted by Gasteiger charge is -2.36. The number of halogens is 1. The molecule has 2 amide bonds. The van der Waals surface area contributed by atoms with E-state index >= 15 is 0 Å². The van der Waals surface area contributed by atoms with Crippen molar-refractivity contribution in [1.82, 2.24) is 10.2 Å². The van der Waals surface area contributed by atoms with Crippen LogP contribution in [0, 0.1) is 10.1 Å². The van der Waals surface area contributed by atoms with Gasteiger partial charge >= 0.3 is 5.69 Å². The molecule has 2 N–H and O–H groups in total. The highest BCUT2D eigenvalue weighted by molar-refractivity contribution is 9.10. The standard InChI is InChI=1S/C23H26BrN5O5/c1-34-21-13-19(17(24)12-20(21)29(32)33)28-9-7-27(8-10-28)14-15-3-2-4-16(11-15)25-18-5-6-22(30)26-23(18)31/h2-4,11-13,18,25H,5-10,14H2,1H3,(H,26,30,31). The van der Waals surface area contributed by atoms with Gasteiger partial charge in [-0.1, -0.05) is 12.1 Å². The first-order chi connectivity index (χ1) is 16.3. The molecule has 2 aromatic carbocycles. The number of piperazine rings is 1. The molecule has 2 aliphatic heterocycles. The normalized spacial score (nSPS) is 19.0. The van der Waals surface area contributed by atoms with E-state index in [9.17, 15) is 19.7 Å². The first-order valence-electron chi connectivity index (χ1n) is 11.0. The van der Waals surface area contributed by atoms with Crippen LogP contribution in [0.25, 0.3) is 0 Å². The lowest BCUT2D eigenvalue weighted by atomic mass is 10.1. The fraction of sp³-hybridized carbons (Fsp3) is 0.391. The maximum Gasteiger partial charge on any atom is 0.312 e. The van der Waals surface area contributed by atoms with E-state index in [2.05, 4.69) is 42.4 Å². The zero-order valence-corrected chi connectivity index (χ0v) is 20.3. The highest BCUT2D eigenvalue weighted by Gasteiger charge is 2.27. The Morgan fingerprint density at radius 2 is 1.97 bits per heavy atom. The number of hydrogen-bond donors (Lipinski definition) is 2. The maximum atomic E-state index is 12.0. The Balaban J connectivity index is 1.36. The minimum Gasteiger partial charge on any atom is -0.490 e. The molecule has 2 saturated heterocycles. The van der Waals surface area contributed by atoms with Crippen molar-refractivity contribution in [2.45, 2.75) is 25.4 Å². The Morgan fingerprint density at radius 3 is 2.65 bits per heavy atom. The summed E-state index contributed by atoms with van der Waals surface area (Å²) < 4.78 is 5.89. The summed E-state index contributed by atoms with van der Waals surface area (Å²) in [5, 5.41) is 16.8. The van der Waals surface area contributed by atoms with Crippen LogP contribution in [0.2, 0.25) is 0 Å². The van der Waals surface area contributed by atoms with E-state index in [1.165, 1.54) is 13.2 Å². The number of imide groups is 1. The monoisotopic (exact) mass is 531 g/mol. The summed E-state index contributed by atoms with van der Waals surface area (Å²) in [6.07, 6.45) is 0.823. The second-order valence-electron chi connectivity index (χ2n) is 8.34. The molecule has 2 aliphatic rings. The van der Waals surface area contributed by atoms with Crippen LogP contribution in [0.3, 0.4) is 0 Å². The van der Waals surface area contributed by atoms with Crippen LogP contribution in [0.4, 0.5) is 17.1 Å². The molecule has 180 valence electrons. The minimum absolute atomic E-state index is 0.0671. The fourth-order valence-corrected chi connectivity index (χ4v) is 4.86. The van der Waals surface area contributed by atoms with Crippen molar-refractivity contribution < 1.29 is 19.2 Å². The number of hydrogen-bond acceptors (Lipinski definition) is 8. The molecular weight excluding hydrogens is 506 g/mol. The average molecular weight is 532 g/mol. The van der Waals surface area contributed by atoms with E-state index in [4.69, 9.17) is 4.74 Å². The number of carbonyl (C=O) groups is 2. The third-order valence-corrected chi connectivity index (χ3v) is 6.71. The van der Waals surface area contributed by atoms with Crippen LogP contribution >= 0.6 is 15.9 Å². The number of amides is 2. The number of nitrogens with zero attached hydrogens (tertiary/aromatic N) is 3. The SMILES string of the molecule is COc1cc(N2CCN(Cc3cccc(NC4CCC(=O)NC4=O)c3)CC2)c(Br)cc1[N+](=O)[O-]. The summed E-state index contributed by atoms with van der Waals surface area (Å²) in [6.45, 7) is 3.97. The third-order valence-electron chi connectivity index (χ3n) is 6.07. The lowest BCUT2D eigenvalue weighted by molar-refractivity contribution is -0.385. The number of nitrogens with one attached hydrogen (secondary N) is 2. The summed E-state index contributed by atoms with van der Waals surface area (Å²) in [7, 11) is 1.43. The predicted octanol–water partition coefficient (Wildman–Crippen LogP) is 2.91. The third kappa shape index (κ3) is 5.48. The Hall–Kier alpha value is -3.18. The Morgan fingerprint density at radius 1 is 1.21 bits per heavy atom. The summed E-state index contributed by atoms with van der Waals surface area (Å²) in [5.41, 5.74) is 2.79. The quantitative estimate of drug-likeness (QED) is 0.318. The van der Waals surface area contributed by atoms with E-state index in [0.29, 0.717) is 17.3 Å². The van der Waals surface area contributed by atoms with Crippen molar-refractivity contribution in [1.29, 1.82) is 0 Å². The second kappa shape index (κ2) is 10.4. The Kier molecular flexibility index (Phi) is 7.32. The molecule has 0 radical (unpaired) electrons. The number of carbonyl (C=O) groups excluding carboxylic acids is 2. The smallest absolute Gasteiger partial charge is 0.312 e. The molecule has 10 nitrogen and oxygen atoms in total. The molecule has 34 heavy (non-hydrogen) atoms. The van der Waals surface area contributed by atoms with Gasteiger partial charge in [-0.05, 0) is 40.0 Å². The van der Waals surface area contributed by atoms with Gasteiger partial charge in [-0.3, -0.25) is 29.9 Å². The lowest BCUT2D eigenvalue weighted by Crippen LogP contribution is -2.47. The van der Waals surface area contributed by atoms with Crippen molar-refractivity contribution in [3.8, 4) is 5.75 Å². The van der Waals surface area contributed by atoms with Gasteiger partial charge < -0.3 is 15.0 Å². The molecule has 2 fully saturated rings. The first-order valence-corrected chi connectivity index (χ1v) is 11.8. The first kappa shape index (κ1) is 24.0. The summed E-state index contributed by atoms with van der Waals surface area (Å²) in [5.74, 6) is -0.270. The van der Waals surface area contributed by atoms with Gasteiger partial charge in [-0.25, -0.2) is 0 Å². The molecule has 2 aromatic rings. The molecule has 0 aromatic heterocycles. The van der Waals surface area contributed by atoms with Crippen LogP contribution in [-0.4, -0.2) is 61.0 Å². The minimum atomic E-state index is -0.450. The van der Waals surface area contributed by atoms with Gasteiger partial charge in [-0.15, -0.1) is 0 Å². The molecule has 0 bridgehead atoms. The van der Waals surface area contributed by atoms with Crippen LogP contribution in [0.5, 0.6) is 5.75 Å². The Bertz CT molecular complexity index is 1100. The predicted molar refractivity (Wildman–Crippen MR) is 131 cm³/mol. The summed E-state index contributed by atoms with van der Waals surface area (Å²) >= 11 is 3.47. The fourth-order valence-electron chi connectivity index (χ4n) is 4.28. The zero-order valence-electron chi connectivity index (χ0n) is 18.8. The van der Waals surface area contributed by atoms with Crippen LogP contribution in [-0.2, 0) is 16.1 Å². The number of anilines is 2. The van der Waals surface area contributed by atoms with Gasteiger partial charge in [0.2, 0.25) is 11.8 Å². The summed E-state index contributed by atoms with van der Waals surface area (Å²) in [4.78, 5) is 38.7. The van der Waals surface area contributed by atoms with Crippen LogP contribution in [0.1, 0.15) is 18.4 Å².